The summed E-state index contributed by atoms with van der Waals surface area (Å²) in [5, 5.41) is 0. The zero-order chi connectivity index (χ0) is 18.0. The maximum Gasteiger partial charge on any atom is 0.410 e. The Morgan fingerprint density at radius 2 is 1.88 bits per heavy atom. The number of rotatable bonds is 2. The van der Waals surface area contributed by atoms with Crippen molar-refractivity contribution in [3.8, 4) is 0 Å². The summed E-state index contributed by atoms with van der Waals surface area (Å²) in [5.41, 5.74) is 1.91. The standard InChI is InChI=1S/C20H31N3O2/c1-15-13-18(22-10-6-5-7-11-22)21-14-16(15)17-9-8-12-23(17)19(24)25-20(2,3)4/h13-14,17H,5-12H2,1-4H3. The van der Waals surface area contributed by atoms with Gasteiger partial charge in [0.2, 0.25) is 0 Å². The molecule has 2 fully saturated rings. The molecular formula is C20H31N3O2. The molecule has 2 aliphatic heterocycles. The molecule has 2 saturated heterocycles. The molecule has 0 spiro atoms. The first-order valence-electron chi connectivity index (χ1n) is 9.56. The molecule has 0 aromatic carbocycles. The van der Waals surface area contributed by atoms with Crippen LogP contribution in [-0.4, -0.2) is 41.2 Å². The van der Waals surface area contributed by atoms with Crippen molar-refractivity contribution in [2.45, 2.75) is 71.4 Å². The maximum atomic E-state index is 12.5. The number of anilines is 1. The highest BCUT2D eigenvalue weighted by atomic mass is 16.6. The van der Waals surface area contributed by atoms with Gasteiger partial charge in [0, 0.05) is 25.8 Å². The van der Waals surface area contributed by atoms with Gasteiger partial charge in [-0.15, -0.1) is 0 Å². The van der Waals surface area contributed by atoms with Crippen LogP contribution in [-0.2, 0) is 4.74 Å². The molecule has 0 bridgehead atoms. The summed E-state index contributed by atoms with van der Waals surface area (Å²) >= 11 is 0. The number of carbonyl (C=O) groups is 1. The normalized spacial score (nSPS) is 21.5. The van der Waals surface area contributed by atoms with Gasteiger partial charge in [0.25, 0.3) is 0 Å². The first-order chi connectivity index (χ1) is 11.8. The molecule has 25 heavy (non-hydrogen) atoms. The number of hydrogen-bond acceptors (Lipinski definition) is 4. The molecule has 1 aromatic rings. The van der Waals surface area contributed by atoms with Gasteiger partial charge >= 0.3 is 6.09 Å². The van der Waals surface area contributed by atoms with Crippen LogP contribution in [0.4, 0.5) is 10.6 Å². The quantitative estimate of drug-likeness (QED) is 0.794. The minimum Gasteiger partial charge on any atom is -0.444 e. The molecule has 0 N–H and O–H groups in total. The van der Waals surface area contributed by atoms with Crippen LogP contribution in [0.15, 0.2) is 12.3 Å². The summed E-state index contributed by atoms with van der Waals surface area (Å²) in [4.78, 5) is 21.5. The summed E-state index contributed by atoms with van der Waals surface area (Å²) in [5.74, 6) is 1.07. The lowest BCUT2D eigenvalue weighted by Gasteiger charge is -2.31. The number of likely N-dealkylation sites (tertiary alicyclic amines) is 1. The lowest BCUT2D eigenvalue weighted by atomic mass is 10.0. The second kappa shape index (κ2) is 7.22. The fourth-order valence-electron chi connectivity index (χ4n) is 3.83. The van der Waals surface area contributed by atoms with Crippen LogP contribution < -0.4 is 4.90 Å². The van der Waals surface area contributed by atoms with E-state index in [1.54, 1.807) is 0 Å². The second-order valence-corrected chi connectivity index (χ2v) is 8.28. The van der Waals surface area contributed by atoms with Crippen molar-refractivity contribution >= 4 is 11.9 Å². The average Bonchev–Trinajstić information content (AvgIpc) is 3.03. The van der Waals surface area contributed by atoms with Crippen LogP contribution in [0.2, 0.25) is 0 Å². The van der Waals surface area contributed by atoms with E-state index in [0.29, 0.717) is 0 Å². The Morgan fingerprint density at radius 1 is 1.16 bits per heavy atom. The highest BCUT2D eigenvalue weighted by molar-refractivity contribution is 5.69. The Hall–Kier alpha value is -1.78. The highest BCUT2D eigenvalue weighted by Crippen LogP contribution is 2.35. The van der Waals surface area contributed by atoms with Crippen LogP contribution in [0.3, 0.4) is 0 Å². The summed E-state index contributed by atoms with van der Waals surface area (Å²) in [6.07, 6.45) is 7.57. The van der Waals surface area contributed by atoms with E-state index in [2.05, 4.69) is 17.9 Å². The molecule has 2 aliphatic rings. The van der Waals surface area contributed by atoms with Gasteiger partial charge in [-0.1, -0.05) is 0 Å². The largest absolute Gasteiger partial charge is 0.444 e. The third kappa shape index (κ3) is 4.25. The molecule has 1 aromatic heterocycles. The van der Waals surface area contributed by atoms with Crippen molar-refractivity contribution in [3.63, 3.8) is 0 Å². The van der Waals surface area contributed by atoms with Crippen LogP contribution >= 0.6 is 0 Å². The molecule has 0 radical (unpaired) electrons. The van der Waals surface area contributed by atoms with Gasteiger partial charge in [-0.2, -0.15) is 0 Å². The van der Waals surface area contributed by atoms with E-state index < -0.39 is 5.60 Å². The number of hydrogen-bond donors (Lipinski definition) is 0. The van der Waals surface area contributed by atoms with Crippen LogP contribution in [0.1, 0.15) is 70.0 Å². The molecule has 5 nitrogen and oxygen atoms in total. The van der Waals surface area contributed by atoms with Crippen molar-refractivity contribution in [2.75, 3.05) is 24.5 Å². The van der Waals surface area contributed by atoms with Gasteiger partial charge in [-0.25, -0.2) is 9.78 Å². The number of ether oxygens (including phenoxy) is 1. The number of aromatic nitrogens is 1. The van der Waals surface area contributed by atoms with Crippen molar-refractivity contribution < 1.29 is 9.53 Å². The average molecular weight is 345 g/mol. The van der Waals surface area contributed by atoms with E-state index >= 15 is 0 Å². The molecule has 1 unspecified atom stereocenters. The number of carbonyl (C=O) groups excluding carboxylic acids is 1. The second-order valence-electron chi connectivity index (χ2n) is 8.28. The van der Waals surface area contributed by atoms with E-state index in [-0.39, 0.29) is 12.1 Å². The third-order valence-electron chi connectivity index (χ3n) is 5.06. The SMILES string of the molecule is Cc1cc(N2CCCCC2)ncc1C1CCCN1C(=O)OC(C)(C)C. The van der Waals surface area contributed by atoms with E-state index in [1.807, 2.05) is 31.9 Å². The third-order valence-corrected chi connectivity index (χ3v) is 5.06. The zero-order valence-electron chi connectivity index (χ0n) is 16.0. The molecule has 0 aliphatic carbocycles. The Kier molecular flexibility index (Phi) is 5.21. The predicted molar refractivity (Wildman–Crippen MR) is 100.0 cm³/mol. The summed E-state index contributed by atoms with van der Waals surface area (Å²) in [6.45, 7) is 10.8. The summed E-state index contributed by atoms with van der Waals surface area (Å²) in [7, 11) is 0. The van der Waals surface area contributed by atoms with Crippen molar-refractivity contribution in [2.24, 2.45) is 0 Å². The lowest BCUT2D eigenvalue weighted by Crippen LogP contribution is -2.36. The molecule has 3 heterocycles. The number of amides is 1. The van der Waals surface area contributed by atoms with Crippen LogP contribution in [0.5, 0.6) is 0 Å². The minimum absolute atomic E-state index is 0.0813. The Labute approximate surface area is 151 Å². The first kappa shape index (κ1) is 18.0. The Balaban J connectivity index is 1.77. The molecule has 3 rings (SSSR count). The predicted octanol–water partition coefficient (Wildman–Crippen LogP) is 4.45. The Morgan fingerprint density at radius 3 is 2.52 bits per heavy atom. The van der Waals surface area contributed by atoms with Gasteiger partial charge in [-0.3, -0.25) is 0 Å². The van der Waals surface area contributed by atoms with E-state index in [0.717, 1.165) is 43.9 Å². The van der Waals surface area contributed by atoms with Crippen LogP contribution in [0.25, 0.3) is 0 Å². The van der Waals surface area contributed by atoms with Gasteiger partial charge in [0.05, 0.1) is 6.04 Å². The molecule has 1 amide bonds. The lowest BCUT2D eigenvalue weighted by molar-refractivity contribution is 0.0224. The molecule has 0 saturated carbocycles. The highest BCUT2D eigenvalue weighted by Gasteiger charge is 2.34. The fraction of sp³-hybridized carbons (Fsp3) is 0.700. The number of nitrogens with zero attached hydrogens (tertiary/aromatic N) is 3. The van der Waals surface area contributed by atoms with E-state index in [1.165, 1.54) is 24.8 Å². The number of aryl methyl sites for hydroxylation is 1. The number of piperidine rings is 1. The van der Waals surface area contributed by atoms with Gasteiger partial charge < -0.3 is 14.5 Å². The van der Waals surface area contributed by atoms with Crippen LogP contribution in [0, 0.1) is 6.92 Å². The summed E-state index contributed by atoms with van der Waals surface area (Å²) < 4.78 is 5.59. The van der Waals surface area contributed by atoms with E-state index in [4.69, 9.17) is 9.72 Å². The monoisotopic (exact) mass is 345 g/mol. The van der Waals surface area contributed by atoms with Gasteiger partial charge in [0.15, 0.2) is 0 Å². The molecule has 138 valence electrons. The van der Waals surface area contributed by atoms with Crippen molar-refractivity contribution in [1.29, 1.82) is 0 Å². The topological polar surface area (TPSA) is 45.7 Å². The van der Waals surface area contributed by atoms with Crippen molar-refractivity contribution in [1.82, 2.24) is 9.88 Å². The molecule has 1 atom stereocenters. The molecule has 5 heteroatoms. The van der Waals surface area contributed by atoms with Gasteiger partial charge in [-0.05, 0) is 77.0 Å². The fourth-order valence-corrected chi connectivity index (χ4v) is 3.83. The first-order valence-corrected chi connectivity index (χ1v) is 9.56. The smallest absolute Gasteiger partial charge is 0.410 e. The molecular weight excluding hydrogens is 314 g/mol. The number of pyridine rings is 1. The van der Waals surface area contributed by atoms with Gasteiger partial charge in [0.1, 0.15) is 11.4 Å². The summed E-state index contributed by atoms with van der Waals surface area (Å²) in [6, 6.07) is 2.27. The zero-order valence-corrected chi connectivity index (χ0v) is 16.0. The minimum atomic E-state index is -0.463. The maximum absolute atomic E-state index is 12.5. The van der Waals surface area contributed by atoms with Crippen molar-refractivity contribution in [3.05, 3.63) is 23.4 Å². The van der Waals surface area contributed by atoms with E-state index in [9.17, 15) is 4.79 Å². The Bertz CT molecular complexity index is 618.